The molecule has 5 heteroatoms. The Morgan fingerprint density at radius 2 is 2.21 bits per heavy atom. The molecule has 0 amide bonds. The molecule has 0 aliphatic carbocycles. The van der Waals surface area contributed by atoms with Crippen molar-refractivity contribution in [2.24, 2.45) is 12.8 Å². The van der Waals surface area contributed by atoms with Crippen molar-refractivity contribution in [2.75, 3.05) is 6.61 Å². The first-order valence-corrected chi connectivity index (χ1v) is 6.22. The highest BCUT2D eigenvalue weighted by atomic mass is 19.1. The zero-order chi connectivity index (χ0) is 13.8. The van der Waals surface area contributed by atoms with E-state index >= 15 is 0 Å². The lowest BCUT2D eigenvalue weighted by Crippen LogP contribution is -2.08. The third-order valence-corrected chi connectivity index (χ3v) is 3.02. The van der Waals surface area contributed by atoms with Crippen LogP contribution in [0.5, 0.6) is 5.75 Å². The SMILES string of the molecule is CC(N)c1ccc(OCCc2ccnn2C)c(F)c1. The number of aryl methyl sites for hydroxylation is 1. The minimum atomic E-state index is -0.375. The van der Waals surface area contributed by atoms with E-state index in [0.717, 1.165) is 11.3 Å². The summed E-state index contributed by atoms with van der Waals surface area (Å²) in [6.45, 7) is 2.23. The molecule has 1 unspecified atom stereocenters. The lowest BCUT2D eigenvalue weighted by molar-refractivity contribution is 0.302. The number of aromatic nitrogens is 2. The molecule has 0 spiro atoms. The number of rotatable bonds is 5. The van der Waals surface area contributed by atoms with Crippen LogP contribution in [-0.4, -0.2) is 16.4 Å². The molecule has 2 rings (SSSR count). The Balaban J connectivity index is 1.95. The Kier molecular flexibility index (Phi) is 4.16. The molecular weight excluding hydrogens is 245 g/mol. The van der Waals surface area contributed by atoms with E-state index in [1.165, 1.54) is 6.07 Å². The average molecular weight is 263 g/mol. The van der Waals surface area contributed by atoms with Crippen molar-refractivity contribution >= 4 is 0 Å². The van der Waals surface area contributed by atoms with Gasteiger partial charge in [-0.15, -0.1) is 0 Å². The van der Waals surface area contributed by atoms with Crippen LogP contribution in [0.15, 0.2) is 30.5 Å². The fourth-order valence-corrected chi connectivity index (χ4v) is 1.83. The summed E-state index contributed by atoms with van der Waals surface area (Å²) in [5.74, 6) is -0.119. The molecule has 1 aromatic carbocycles. The summed E-state index contributed by atoms with van der Waals surface area (Å²) in [6, 6.07) is 6.56. The average Bonchev–Trinajstić information content (AvgIpc) is 2.77. The maximum Gasteiger partial charge on any atom is 0.165 e. The van der Waals surface area contributed by atoms with Crippen LogP contribution in [0.3, 0.4) is 0 Å². The van der Waals surface area contributed by atoms with Gasteiger partial charge in [-0.2, -0.15) is 5.10 Å². The molecule has 4 nitrogen and oxygen atoms in total. The molecule has 0 radical (unpaired) electrons. The Morgan fingerprint density at radius 3 is 2.79 bits per heavy atom. The normalized spacial score (nSPS) is 12.4. The molecule has 1 aromatic heterocycles. The fraction of sp³-hybridized carbons (Fsp3) is 0.357. The van der Waals surface area contributed by atoms with Gasteiger partial charge in [-0.1, -0.05) is 6.07 Å². The summed E-state index contributed by atoms with van der Waals surface area (Å²) in [7, 11) is 1.87. The molecule has 0 saturated carbocycles. The summed E-state index contributed by atoms with van der Waals surface area (Å²) in [5.41, 5.74) is 7.51. The Hall–Kier alpha value is -1.88. The molecule has 2 aromatic rings. The molecule has 1 atom stereocenters. The van der Waals surface area contributed by atoms with Gasteiger partial charge in [0.1, 0.15) is 0 Å². The summed E-state index contributed by atoms with van der Waals surface area (Å²) in [5, 5.41) is 4.06. The van der Waals surface area contributed by atoms with Crippen LogP contribution in [0, 0.1) is 5.82 Å². The molecule has 2 N–H and O–H groups in total. The van der Waals surface area contributed by atoms with E-state index in [1.807, 2.05) is 20.0 Å². The second-order valence-electron chi connectivity index (χ2n) is 4.52. The Labute approximate surface area is 112 Å². The van der Waals surface area contributed by atoms with Gasteiger partial charge in [-0.3, -0.25) is 4.68 Å². The highest BCUT2D eigenvalue weighted by Gasteiger charge is 2.07. The van der Waals surface area contributed by atoms with E-state index in [9.17, 15) is 4.39 Å². The molecule has 1 heterocycles. The maximum absolute atomic E-state index is 13.8. The fourth-order valence-electron chi connectivity index (χ4n) is 1.83. The van der Waals surface area contributed by atoms with Gasteiger partial charge in [0.15, 0.2) is 11.6 Å². The van der Waals surface area contributed by atoms with Gasteiger partial charge in [0.05, 0.1) is 6.61 Å². The number of ether oxygens (including phenoxy) is 1. The summed E-state index contributed by atoms with van der Waals surface area (Å²) in [4.78, 5) is 0. The molecule has 0 fully saturated rings. The van der Waals surface area contributed by atoms with Gasteiger partial charge in [0.25, 0.3) is 0 Å². The number of benzene rings is 1. The second kappa shape index (κ2) is 5.84. The summed E-state index contributed by atoms with van der Waals surface area (Å²) < 4.78 is 21.0. The van der Waals surface area contributed by atoms with Crippen molar-refractivity contribution in [1.29, 1.82) is 0 Å². The highest BCUT2D eigenvalue weighted by Crippen LogP contribution is 2.21. The molecule has 19 heavy (non-hydrogen) atoms. The maximum atomic E-state index is 13.8. The van der Waals surface area contributed by atoms with E-state index in [-0.39, 0.29) is 17.6 Å². The predicted octanol–water partition coefficient (Wildman–Crippen LogP) is 2.20. The predicted molar refractivity (Wildman–Crippen MR) is 71.4 cm³/mol. The lowest BCUT2D eigenvalue weighted by Gasteiger charge is -2.10. The smallest absolute Gasteiger partial charge is 0.165 e. The minimum Gasteiger partial charge on any atom is -0.490 e. The number of hydrogen-bond donors (Lipinski definition) is 1. The van der Waals surface area contributed by atoms with Crippen LogP contribution in [0.1, 0.15) is 24.2 Å². The van der Waals surface area contributed by atoms with Crippen molar-refractivity contribution in [3.05, 3.63) is 47.5 Å². The van der Waals surface area contributed by atoms with Crippen LogP contribution in [0.4, 0.5) is 4.39 Å². The second-order valence-corrected chi connectivity index (χ2v) is 4.52. The molecule has 0 aliphatic heterocycles. The van der Waals surface area contributed by atoms with Crippen LogP contribution in [-0.2, 0) is 13.5 Å². The van der Waals surface area contributed by atoms with Gasteiger partial charge >= 0.3 is 0 Å². The molecule has 0 saturated heterocycles. The van der Waals surface area contributed by atoms with Gasteiger partial charge in [0.2, 0.25) is 0 Å². The van der Waals surface area contributed by atoms with E-state index in [0.29, 0.717) is 13.0 Å². The topological polar surface area (TPSA) is 53.1 Å². The quantitative estimate of drug-likeness (QED) is 0.899. The minimum absolute atomic E-state index is 0.182. The third-order valence-electron chi connectivity index (χ3n) is 3.02. The van der Waals surface area contributed by atoms with Crippen LogP contribution in [0.25, 0.3) is 0 Å². The standard InChI is InChI=1S/C14H18FN3O/c1-10(16)11-3-4-14(13(15)9-11)19-8-6-12-5-7-17-18(12)2/h3-5,7,9-10H,6,8,16H2,1-2H3. The monoisotopic (exact) mass is 263 g/mol. The molecule has 0 aliphatic rings. The molecule has 0 bridgehead atoms. The van der Waals surface area contributed by atoms with Gasteiger partial charge in [-0.25, -0.2) is 4.39 Å². The van der Waals surface area contributed by atoms with Crippen molar-refractivity contribution in [2.45, 2.75) is 19.4 Å². The number of hydrogen-bond acceptors (Lipinski definition) is 3. The molecule has 102 valence electrons. The number of nitrogens with two attached hydrogens (primary N) is 1. The van der Waals surface area contributed by atoms with E-state index in [1.54, 1.807) is 23.0 Å². The van der Waals surface area contributed by atoms with E-state index in [2.05, 4.69) is 5.10 Å². The number of nitrogens with zero attached hydrogens (tertiary/aromatic N) is 2. The lowest BCUT2D eigenvalue weighted by atomic mass is 10.1. The highest BCUT2D eigenvalue weighted by molar-refractivity contribution is 5.30. The first kappa shape index (κ1) is 13.5. The zero-order valence-electron chi connectivity index (χ0n) is 11.1. The van der Waals surface area contributed by atoms with E-state index in [4.69, 9.17) is 10.5 Å². The van der Waals surface area contributed by atoms with Crippen LogP contribution >= 0.6 is 0 Å². The van der Waals surface area contributed by atoms with Crippen molar-refractivity contribution in [3.8, 4) is 5.75 Å². The van der Waals surface area contributed by atoms with Crippen molar-refractivity contribution < 1.29 is 9.13 Å². The van der Waals surface area contributed by atoms with Gasteiger partial charge < -0.3 is 10.5 Å². The Morgan fingerprint density at radius 1 is 1.42 bits per heavy atom. The number of halogens is 1. The van der Waals surface area contributed by atoms with Crippen LogP contribution in [0.2, 0.25) is 0 Å². The van der Waals surface area contributed by atoms with Gasteiger partial charge in [0, 0.05) is 31.4 Å². The third kappa shape index (κ3) is 3.32. The summed E-state index contributed by atoms with van der Waals surface area (Å²) >= 11 is 0. The first-order chi connectivity index (χ1) is 9.08. The van der Waals surface area contributed by atoms with Crippen LogP contribution < -0.4 is 10.5 Å². The zero-order valence-corrected chi connectivity index (χ0v) is 11.1. The summed E-state index contributed by atoms with van der Waals surface area (Å²) in [6.07, 6.45) is 2.42. The molecular formula is C14H18FN3O. The van der Waals surface area contributed by atoms with Gasteiger partial charge in [-0.05, 0) is 30.7 Å². The van der Waals surface area contributed by atoms with Crippen molar-refractivity contribution in [1.82, 2.24) is 9.78 Å². The van der Waals surface area contributed by atoms with E-state index < -0.39 is 0 Å². The largest absolute Gasteiger partial charge is 0.490 e. The Bertz CT molecular complexity index is 551. The first-order valence-electron chi connectivity index (χ1n) is 6.22. The van der Waals surface area contributed by atoms with Crippen molar-refractivity contribution in [3.63, 3.8) is 0 Å².